The average molecular weight is 616 g/mol. The fraction of sp³-hybridized carbons (Fsp3) is 0.212. The summed E-state index contributed by atoms with van der Waals surface area (Å²) in [7, 11) is -4.15. The van der Waals surface area contributed by atoms with Gasteiger partial charge in [-0.25, -0.2) is 9.59 Å². The predicted octanol–water partition coefficient (Wildman–Crippen LogP) is 5.57. The van der Waals surface area contributed by atoms with Crippen LogP contribution in [0.15, 0.2) is 109 Å². The molecule has 228 valence electrons. The first-order chi connectivity index (χ1) is 21.1. The number of nitrogens with zero attached hydrogens (tertiary/aromatic N) is 2. The van der Waals surface area contributed by atoms with E-state index < -0.39 is 49.7 Å². The van der Waals surface area contributed by atoms with Gasteiger partial charge in [0.25, 0.3) is 0 Å². The first kappa shape index (κ1) is 32.1. The van der Waals surface area contributed by atoms with Crippen LogP contribution in [-0.2, 0) is 31.9 Å². The number of rotatable bonds is 13. The summed E-state index contributed by atoms with van der Waals surface area (Å²) < 4.78 is 18.5. The Morgan fingerprint density at radius 1 is 0.886 bits per heavy atom. The van der Waals surface area contributed by atoms with E-state index in [1.54, 1.807) is 73.1 Å². The predicted molar refractivity (Wildman–Crippen MR) is 167 cm³/mol. The molecule has 0 saturated carbocycles. The zero-order valence-electron chi connectivity index (χ0n) is 24.2. The minimum absolute atomic E-state index is 0.0182. The smallest absolute Gasteiger partial charge is 0.407 e. The van der Waals surface area contributed by atoms with Crippen LogP contribution < -0.4 is 10.2 Å². The minimum Gasteiger partial charge on any atom is -0.480 e. The summed E-state index contributed by atoms with van der Waals surface area (Å²) >= 11 is 0. The molecule has 2 amide bonds. The maximum absolute atomic E-state index is 14.1. The van der Waals surface area contributed by atoms with Crippen LogP contribution in [0.3, 0.4) is 0 Å². The van der Waals surface area contributed by atoms with Gasteiger partial charge in [-0.2, -0.15) is 0 Å². The molecular formula is C33H34N3O7P. The number of carbonyl (C=O) groups is 3. The van der Waals surface area contributed by atoms with E-state index in [9.17, 15) is 28.9 Å². The van der Waals surface area contributed by atoms with Crippen LogP contribution in [0.2, 0.25) is 0 Å². The van der Waals surface area contributed by atoms with Crippen molar-refractivity contribution in [3.63, 3.8) is 0 Å². The van der Waals surface area contributed by atoms with Gasteiger partial charge in [-0.3, -0.25) is 19.2 Å². The van der Waals surface area contributed by atoms with Crippen LogP contribution in [0.1, 0.15) is 18.1 Å². The lowest BCUT2D eigenvalue weighted by Gasteiger charge is -2.31. The number of benzene rings is 3. The molecule has 1 aromatic heterocycles. The number of anilines is 1. The van der Waals surface area contributed by atoms with Crippen molar-refractivity contribution in [2.24, 2.45) is 5.92 Å². The number of aliphatic carboxylic acids is 1. The number of pyridine rings is 1. The van der Waals surface area contributed by atoms with Gasteiger partial charge >= 0.3 is 12.1 Å². The summed E-state index contributed by atoms with van der Waals surface area (Å²) in [4.78, 5) is 54.6. The molecule has 1 heterocycles. The summed E-state index contributed by atoms with van der Waals surface area (Å²) in [6.07, 6.45) is 1.12. The number of aromatic nitrogens is 1. The summed E-state index contributed by atoms with van der Waals surface area (Å²) in [6.45, 7) is 1.37. The van der Waals surface area contributed by atoms with Crippen molar-refractivity contribution in [1.82, 2.24) is 10.3 Å². The maximum atomic E-state index is 14.1. The van der Waals surface area contributed by atoms with Gasteiger partial charge in [0, 0.05) is 24.2 Å². The maximum Gasteiger partial charge on any atom is 0.407 e. The highest BCUT2D eigenvalue weighted by Crippen LogP contribution is 2.42. The Balaban J connectivity index is 1.54. The Bertz CT molecular complexity index is 1590. The molecular weight excluding hydrogens is 581 g/mol. The van der Waals surface area contributed by atoms with Crippen molar-refractivity contribution >= 4 is 31.0 Å². The van der Waals surface area contributed by atoms with Gasteiger partial charge in [-0.05, 0) is 53.8 Å². The van der Waals surface area contributed by atoms with E-state index in [2.05, 4.69) is 10.3 Å². The number of hydrogen-bond donors (Lipinski definition) is 3. The largest absolute Gasteiger partial charge is 0.480 e. The summed E-state index contributed by atoms with van der Waals surface area (Å²) in [5, 5.41) is 12.2. The Kier molecular flexibility index (Phi) is 11.0. The van der Waals surface area contributed by atoms with Crippen LogP contribution in [0.5, 0.6) is 0 Å². The second-order valence-electron chi connectivity index (χ2n) is 10.3. The Morgan fingerprint density at radius 2 is 1.50 bits per heavy atom. The standard InChI is InChI=1S/C33H34N3O7P/c1-24(32(38)39)36(30-16-14-28(15-17-30)27-12-6-3-7-13-27)31(37)29(19-26-11-8-18-34-20-26)22-44(41,42)23-35-33(40)43-21-25-9-4-2-5-10-25/h2-18,20,24,29H,19,21-23H2,1H3,(H,35,40)(H,38,39)(H,41,42)/t24-,29?/m0/s1. The van der Waals surface area contributed by atoms with Gasteiger partial charge in [0.1, 0.15) is 12.6 Å². The van der Waals surface area contributed by atoms with Gasteiger partial charge in [0.2, 0.25) is 13.3 Å². The van der Waals surface area contributed by atoms with E-state index in [-0.39, 0.29) is 13.0 Å². The molecule has 3 aromatic carbocycles. The van der Waals surface area contributed by atoms with Gasteiger partial charge in [-0.1, -0.05) is 78.9 Å². The third kappa shape index (κ3) is 9.10. The molecule has 0 aliphatic heterocycles. The molecule has 4 rings (SSSR count). The third-order valence-corrected chi connectivity index (χ3v) is 8.64. The lowest BCUT2D eigenvalue weighted by molar-refractivity contribution is -0.140. The number of hydrogen-bond acceptors (Lipinski definition) is 6. The highest BCUT2D eigenvalue weighted by atomic mass is 31.2. The summed E-state index contributed by atoms with van der Waals surface area (Å²) in [5.41, 5.74) is 3.54. The second kappa shape index (κ2) is 15.1. The molecule has 0 bridgehead atoms. The number of amides is 2. The average Bonchev–Trinajstić information content (AvgIpc) is 3.04. The summed E-state index contributed by atoms with van der Waals surface area (Å²) in [5.74, 6) is -2.98. The molecule has 4 aromatic rings. The van der Waals surface area contributed by atoms with E-state index in [0.717, 1.165) is 21.6 Å². The van der Waals surface area contributed by atoms with Crippen molar-refractivity contribution in [2.45, 2.75) is 26.0 Å². The molecule has 2 unspecified atom stereocenters. The highest BCUT2D eigenvalue weighted by molar-refractivity contribution is 7.58. The van der Waals surface area contributed by atoms with Crippen LogP contribution in [0.25, 0.3) is 11.1 Å². The van der Waals surface area contributed by atoms with Gasteiger partial charge in [0.15, 0.2) is 0 Å². The Morgan fingerprint density at radius 3 is 2.11 bits per heavy atom. The van der Waals surface area contributed by atoms with Gasteiger partial charge in [-0.15, -0.1) is 0 Å². The van der Waals surface area contributed by atoms with Crippen molar-refractivity contribution in [1.29, 1.82) is 0 Å². The quantitative estimate of drug-likeness (QED) is 0.166. The van der Waals surface area contributed by atoms with Crippen LogP contribution in [0.4, 0.5) is 10.5 Å². The van der Waals surface area contributed by atoms with Crippen molar-refractivity contribution in [3.05, 3.63) is 121 Å². The summed E-state index contributed by atoms with van der Waals surface area (Å²) in [6, 6.07) is 27.6. The fourth-order valence-corrected chi connectivity index (χ4v) is 6.18. The number of alkyl carbamates (subject to hydrolysis) is 1. The van der Waals surface area contributed by atoms with E-state index in [4.69, 9.17) is 4.74 Å². The molecule has 0 fully saturated rings. The molecule has 0 spiro atoms. The SMILES string of the molecule is C[C@@H](C(=O)O)N(C(=O)C(Cc1cccnc1)CP(=O)(O)CNC(=O)OCc1ccccc1)c1ccc(-c2ccccc2)cc1. The number of nitrogens with one attached hydrogen (secondary N) is 1. The normalized spacial score (nSPS) is 13.6. The van der Waals surface area contributed by atoms with Crippen molar-refractivity contribution < 1.29 is 33.7 Å². The zero-order chi connectivity index (χ0) is 31.5. The fourth-order valence-electron chi connectivity index (χ4n) is 4.70. The monoisotopic (exact) mass is 615 g/mol. The van der Waals surface area contributed by atoms with Crippen LogP contribution in [0, 0.1) is 5.92 Å². The molecule has 0 saturated heterocycles. The van der Waals surface area contributed by atoms with E-state index in [1.165, 1.54) is 6.92 Å². The van der Waals surface area contributed by atoms with Crippen molar-refractivity contribution in [3.8, 4) is 11.1 Å². The Labute approximate surface area is 255 Å². The van der Waals surface area contributed by atoms with Gasteiger partial charge in [0.05, 0.1) is 12.2 Å². The number of carbonyl (C=O) groups excluding carboxylic acids is 2. The Hall–Kier alpha value is -4.79. The molecule has 0 radical (unpaired) electrons. The molecule has 44 heavy (non-hydrogen) atoms. The van der Waals surface area contributed by atoms with Gasteiger partial charge < -0.3 is 20.1 Å². The topological polar surface area (TPSA) is 146 Å². The first-order valence-corrected chi connectivity index (χ1v) is 16.0. The lowest BCUT2D eigenvalue weighted by Crippen LogP contribution is -2.47. The number of carboxylic acid groups (broad SMARTS) is 1. The molecule has 3 N–H and O–H groups in total. The molecule has 3 atom stereocenters. The van der Waals surface area contributed by atoms with E-state index in [0.29, 0.717) is 11.3 Å². The second-order valence-corrected chi connectivity index (χ2v) is 12.7. The molecule has 0 aliphatic rings. The lowest BCUT2D eigenvalue weighted by atomic mass is 9.99. The minimum atomic E-state index is -4.15. The highest BCUT2D eigenvalue weighted by Gasteiger charge is 2.36. The number of carboxylic acids is 1. The van der Waals surface area contributed by atoms with Crippen molar-refractivity contribution in [2.75, 3.05) is 17.3 Å². The molecule has 11 heteroatoms. The first-order valence-electron chi connectivity index (χ1n) is 14.0. The van der Waals surface area contributed by atoms with Crippen LogP contribution >= 0.6 is 7.37 Å². The zero-order valence-corrected chi connectivity index (χ0v) is 25.0. The third-order valence-electron chi connectivity index (χ3n) is 6.98. The molecule has 0 aliphatic carbocycles. The van der Waals surface area contributed by atoms with Crippen LogP contribution in [-0.4, -0.2) is 51.4 Å². The molecule has 10 nitrogen and oxygen atoms in total. The van der Waals surface area contributed by atoms with E-state index >= 15 is 0 Å². The number of ether oxygens (including phenoxy) is 1. The van der Waals surface area contributed by atoms with E-state index in [1.807, 2.05) is 36.4 Å².